The maximum Gasteiger partial charge on any atom is 0.269 e. The Kier molecular flexibility index (Phi) is 7.85. The van der Waals surface area contributed by atoms with E-state index in [1.54, 1.807) is 36.4 Å². The quantitative estimate of drug-likeness (QED) is 0.447. The number of nitrogens with one attached hydrogen (secondary N) is 4. The van der Waals surface area contributed by atoms with E-state index in [2.05, 4.69) is 21.5 Å². The molecule has 2 aromatic carbocycles. The van der Waals surface area contributed by atoms with Gasteiger partial charge in [-0.3, -0.25) is 30.6 Å². The smallest absolute Gasteiger partial charge is 0.269 e. The third-order valence-corrected chi connectivity index (χ3v) is 4.06. The number of hydrazine groups is 1. The van der Waals surface area contributed by atoms with Crippen LogP contribution < -0.4 is 21.5 Å². The average Bonchev–Trinajstić information content (AvgIpc) is 2.66. The molecule has 152 valence electrons. The van der Waals surface area contributed by atoms with E-state index in [0.717, 1.165) is 5.56 Å². The zero-order chi connectivity index (χ0) is 21.4. The zero-order valence-electron chi connectivity index (χ0n) is 16.5. The van der Waals surface area contributed by atoms with Crippen molar-refractivity contribution < 1.29 is 14.4 Å². The lowest BCUT2D eigenvalue weighted by molar-refractivity contribution is -0.116. The summed E-state index contributed by atoms with van der Waals surface area (Å²) in [5.41, 5.74) is 7.39. The minimum absolute atomic E-state index is 0.0264. The Morgan fingerprint density at radius 2 is 1.41 bits per heavy atom. The Morgan fingerprint density at radius 1 is 0.862 bits per heavy atom. The maximum absolute atomic E-state index is 12.2. The SMILES string of the molecule is Cc1ccc(C(=O)NC(=S)NNC(=O)c2ccc(NC(=O)CC(C)C)cc2)cc1. The molecule has 4 N–H and O–H groups in total. The first-order valence-corrected chi connectivity index (χ1v) is 9.53. The van der Waals surface area contributed by atoms with E-state index in [9.17, 15) is 14.4 Å². The number of benzene rings is 2. The molecule has 0 unspecified atom stereocenters. The summed E-state index contributed by atoms with van der Waals surface area (Å²) in [6.07, 6.45) is 0.428. The number of hydrogen-bond donors (Lipinski definition) is 4. The van der Waals surface area contributed by atoms with Gasteiger partial charge in [-0.1, -0.05) is 31.5 Å². The topological polar surface area (TPSA) is 99.3 Å². The average molecular weight is 413 g/mol. The molecule has 29 heavy (non-hydrogen) atoms. The van der Waals surface area contributed by atoms with Crippen molar-refractivity contribution in [3.8, 4) is 0 Å². The molecule has 7 nitrogen and oxygen atoms in total. The first-order chi connectivity index (χ1) is 13.7. The predicted molar refractivity (Wildman–Crippen MR) is 116 cm³/mol. The highest BCUT2D eigenvalue weighted by atomic mass is 32.1. The normalized spacial score (nSPS) is 10.2. The van der Waals surface area contributed by atoms with E-state index in [0.29, 0.717) is 23.2 Å². The molecule has 8 heteroatoms. The summed E-state index contributed by atoms with van der Waals surface area (Å²) in [6.45, 7) is 5.86. The minimum Gasteiger partial charge on any atom is -0.326 e. The highest BCUT2D eigenvalue weighted by Gasteiger charge is 2.10. The van der Waals surface area contributed by atoms with Crippen LogP contribution in [0.5, 0.6) is 0 Å². The number of carbonyl (C=O) groups excluding carboxylic acids is 3. The lowest BCUT2D eigenvalue weighted by Gasteiger charge is -2.11. The molecule has 0 heterocycles. The van der Waals surface area contributed by atoms with Gasteiger partial charge in [0.25, 0.3) is 11.8 Å². The lowest BCUT2D eigenvalue weighted by Crippen LogP contribution is -2.48. The van der Waals surface area contributed by atoms with Crippen LogP contribution in [0, 0.1) is 12.8 Å². The van der Waals surface area contributed by atoms with Crippen molar-refractivity contribution in [2.45, 2.75) is 27.2 Å². The summed E-state index contributed by atoms with van der Waals surface area (Å²) in [7, 11) is 0. The number of rotatable bonds is 5. The Balaban J connectivity index is 1.82. The number of carbonyl (C=O) groups is 3. The number of aryl methyl sites for hydroxylation is 1. The molecule has 0 aliphatic heterocycles. The molecule has 0 spiro atoms. The molecule has 2 rings (SSSR count). The molecule has 0 aliphatic carbocycles. The summed E-state index contributed by atoms with van der Waals surface area (Å²) in [6, 6.07) is 13.5. The summed E-state index contributed by atoms with van der Waals surface area (Å²) < 4.78 is 0. The molecule has 0 aliphatic rings. The molecule has 0 fully saturated rings. The molecule has 3 amide bonds. The number of amides is 3. The molecule has 0 aromatic heterocycles. The van der Waals surface area contributed by atoms with E-state index < -0.39 is 5.91 Å². The van der Waals surface area contributed by atoms with Crippen LogP contribution in [-0.2, 0) is 4.79 Å². The lowest BCUT2D eigenvalue weighted by atomic mass is 10.1. The first kappa shape index (κ1) is 22.0. The zero-order valence-corrected chi connectivity index (χ0v) is 17.4. The van der Waals surface area contributed by atoms with Crippen molar-refractivity contribution in [2.75, 3.05) is 5.32 Å². The second-order valence-corrected chi connectivity index (χ2v) is 7.36. The van der Waals surface area contributed by atoms with E-state index >= 15 is 0 Å². The highest BCUT2D eigenvalue weighted by Crippen LogP contribution is 2.11. The van der Waals surface area contributed by atoms with Crippen molar-refractivity contribution in [1.82, 2.24) is 16.2 Å². The Bertz CT molecular complexity index is 893. The largest absolute Gasteiger partial charge is 0.326 e. The van der Waals surface area contributed by atoms with Crippen LogP contribution in [0.2, 0.25) is 0 Å². The molecule has 0 saturated carbocycles. The second-order valence-electron chi connectivity index (χ2n) is 6.95. The van der Waals surface area contributed by atoms with Gasteiger partial charge in [0.1, 0.15) is 0 Å². The van der Waals surface area contributed by atoms with Crippen molar-refractivity contribution in [1.29, 1.82) is 0 Å². The second kappa shape index (κ2) is 10.3. The van der Waals surface area contributed by atoms with Gasteiger partial charge in [0, 0.05) is 23.2 Å². The third kappa shape index (κ3) is 7.34. The standard InChI is InChI=1S/C21H24N4O3S/c1-13(2)12-18(26)22-17-10-8-16(9-11-17)20(28)24-25-21(29)23-19(27)15-6-4-14(3)5-7-15/h4-11,13H,12H2,1-3H3,(H,22,26)(H,24,28)(H2,23,25,27,29). The van der Waals surface area contributed by atoms with E-state index in [1.165, 1.54) is 0 Å². The Morgan fingerprint density at radius 3 is 2.00 bits per heavy atom. The van der Waals surface area contributed by atoms with Crippen LogP contribution in [0.1, 0.15) is 46.5 Å². The highest BCUT2D eigenvalue weighted by molar-refractivity contribution is 7.80. The van der Waals surface area contributed by atoms with Crippen LogP contribution in [0.3, 0.4) is 0 Å². The van der Waals surface area contributed by atoms with Crippen LogP contribution >= 0.6 is 12.2 Å². The molecule has 0 radical (unpaired) electrons. The fourth-order valence-corrected chi connectivity index (χ4v) is 2.53. The summed E-state index contributed by atoms with van der Waals surface area (Å²) >= 11 is 5.02. The van der Waals surface area contributed by atoms with Gasteiger partial charge < -0.3 is 5.32 Å². The number of hydrogen-bond acceptors (Lipinski definition) is 4. The number of anilines is 1. The van der Waals surface area contributed by atoms with Crippen molar-refractivity contribution in [3.63, 3.8) is 0 Å². The fourth-order valence-electron chi connectivity index (χ4n) is 2.38. The monoisotopic (exact) mass is 412 g/mol. The van der Waals surface area contributed by atoms with Crippen molar-refractivity contribution >= 4 is 40.7 Å². The van der Waals surface area contributed by atoms with Crippen LogP contribution in [0.15, 0.2) is 48.5 Å². The summed E-state index contributed by atoms with van der Waals surface area (Å²) in [5, 5.41) is 5.24. The Hall–Kier alpha value is -3.26. The molecule has 0 atom stereocenters. The molecule has 2 aromatic rings. The van der Waals surface area contributed by atoms with E-state index in [-0.39, 0.29) is 22.8 Å². The number of thiocarbonyl (C=S) groups is 1. The fraction of sp³-hybridized carbons (Fsp3) is 0.238. The molecular formula is C21H24N4O3S. The first-order valence-electron chi connectivity index (χ1n) is 9.13. The molecule has 0 bridgehead atoms. The molecule has 0 saturated heterocycles. The van der Waals surface area contributed by atoms with Gasteiger partial charge in [0.2, 0.25) is 5.91 Å². The van der Waals surface area contributed by atoms with Crippen molar-refractivity contribution in [2.24, 2.45) is 5.92 Å². The Labute approximate surface area is 175 Å². The third-order valence-electron chi connectivity index (χ3n) is 3.85. The minimum atomic E-state index is -0.433. The van der Waals surface area contributed by atoms with Gasteiger partial charge in [-0.25, -0.2) is 0 Å². The van der Waals surface area contributed by atoms with E-state index in [4.69, 9.17) is 12.2 Å². The van der Waals surface area contributed by atoms with Gasteiger partial charge in [0.05, 0.1) is 0 Å². The van der Waals surface area contributed by atoms with Crippen LogP contribution in [0.25, 0.3) is 0 Å². The van der Waals surface area contributed by atoms with E-state index in [1.807, 2.05) is 32.9 Å². The van der Waals surface area contributed by atoms with Crippen LogP contribution in [-0.4, -0.2) is 22.8 Å². The van der Waals surface area contributed by atoms with Gasteiger partial charge in [-0.2, -0.15) is 0 Å². The van der Waals surface area contributed by atoms with Gasteiger partial charge in [-0.05, 0) is 61.5 Å². The van der Waals surface area contributed by atoms with Gasteiger partial charge >= 0.3 is 0 Å². The molecular weight excluding hydrogens is 388 g/mol. The summed E-state index contributed by atoms with van der Waals surface area (Å²) in [4.78, 5) is 36.1. The van der Waals surface area contributed by atoms with Crippen LogP contribution in [0.4, 0.5) is 5.69 Å². The van der Waals surface area contributed by atoms with Crippen molar-refractivity contribution in [3.05, 3.63) is 65.2 Å². The predicted octanol–water partition coefficient (Wildman–Crippen LogP) is 2.93. The van der Waals surface area contributed by atoms with Gasteiger partial charge in [-0.15, -0.1) is 0 Å². The summed E-state index contributed by atoms with van der Waals surface area (Å²) in [5.74, 6) is -0.620. The van der Waals surface area contributed by atoms with Gasteiger partial charge in [0.15, 0.2) is 5.11 Å². The maximum atomic E-state index is 12.2.